The minimum atomic E-state index is -2.07. The van der Waals surface area contributed by atoms with Gasteiger partial charge in [0.25, 0.3) is 3.79 Å². The third kappa shape index (κ3) is 4.81. The first-order valence-electron chi connectivity index (χ1n) is 6.83. The molecule has 126 valence electrons. The number of benzene rings is 2. The topological polar surface area (TPSA) is 58.6 Å². The maximum Gasteiger partial charge on any atom is 0.252 e. The van der Waals surface area contributed by atoms with E-state index in [9.17, 15) is 9.90 Å². The Bertz CT molecular complexity index is 752. The molecule has 2 aromatic carbocycles. The van der Waals surface area contributed by atoms with Gasteiger partial charge in [-0.15, -0.1) is 0 Å². The molecule has 2 rings (SSSR count). The Labute approximate surface area is 154 Å². The first-order chi connectivity index (χ1) is 11.3. The van der Waals surface area contributed by atoms with E-state index < -0.39 is 9.58 Å². The normalized spacial score (nSPS) is 11.9. The summed E-state index contributed by atoms with van der Waals surface area (Å²) < 4.78 is 3.04. The van der Waals surface area contributed by atoms with Crippen molar-refractivity contribution in [1.29, 1.82) is 0 Å². The Morgan fingerprint density at radius 2 is 1.75 bits per heavy atom. The number of carbonyl (C=O) groups excluding carboxylic acids is 1. The van der Waals surface area contributed by atoms with Crippen molar-refractivity contribution in [3.63, 3.8) is 0 Å². The summed E-state index contributed by atoms with van der Waals surface area (Å²) in [4.78, 5) is 12.0. The van der Waals surface area contributed by atoms with E-state index in [1.807, 2.05) is 0 Å². The van der Waals surface area contributed by atoms with Crippen LogP contribution in [0.4, 0.5) is 5.69 Å². The van der Waals surface area contributed by atoms with Crippen LogP contribution in [-0.2, 0) is 4.79 Å². The van der Waals surface area contributed by atoms with Crippen molar-refractivity contribution in [3.05, 3.63) is 60.2 Å². The standard InChI is InChI=1S/C17H14Cl3NO3/c1-24-12-8-6-11(7-9-12)14(10-16(23)17(18,19)20)21-13-4-2-3-5-15(13)22/h2-10,21-22H,1H3/b14-10+. The molecule has 0 saturated carbocycles. The Morgan fingerprint density at radius 3 is 2.29 bits per heavy atom. The van der Waals surface area contributed by atoms with E-state index in [0.29, 0.717) is 22.7 Å². The highest BCUT2D eigenvalue weighted by atomic mass is 35.6. The predicted octanol–water partition coefficient (Wildman–Crippen LogP) is 4.79. The summed E-state index contributed by atoms with van der Waals surface area (Å²) in [5, 5.41) is 12.9. The number of rotatable bonds is 5. The van der Waals surface area contributed by atoms with E-state index in [1.165, 1.54) is 12.1 Å². The maximum atomic E-state index is 12.0. The number of phenolic OH excluding ortho intramolecular Hbond substituents is 1. The fourth-order valence-corrected chi connectivity index (χ4v) is 2.06. The quantitative estimate of drug-likeness (QED) is 0.440. The lowest BCUT2D eigenvalue weighted by Gasteiger charge is -2.14. The molecule has 0 fully saturated rings. The van der Waals surface area contributed by atoms with Gasteiger partial charge in [-0.1, -0.05) is 46.9 Å². The van der Waals surface area contributed by atoms with Crippen LogP contribution in [0.5, 0.6) is 11.5 Å². The van der Waals surface area contributed by atoms with Gasteiger partial charge in [-0.3, -0.25) is 4.79 Å². The zero-order chi connectivity index (χ0) is 17.7. The molecule has 0 saturated heterocycles. The van der Waals surface area contributed by atoms with E-state index in [0.717, 1.165) is 0 Å². The molecule has 0 aliphatic rings. The molecule has 0 unspecified atom stereocenters. The van der Waals surface area contributed by atoms with E-state index >= 15 is 0 Å². The van der Waals surface area contributed by atoms with Crippen molar-refractivity contribution in [2.24, 2.45) is 0 Å². The van der Waals surface area contributed by atoms with Gasteiger partial charge in [-0.2, -0.15) is 0 Å². The average molecular weight is 387 g/mol. The van der Waals surface area contributed by atoms with Gasteiger partial charge in [-0.05, 0) is 42.0 Å². The second-order valence-corrected chi connectivity index (χ2v) is 7.07. The van der Waals surface area contributed by atoms with Crippen molar-refractivity contribution in [1.82, 2.24) is 0 Å². The number of ether oxygens (including phenoxy) is 1. The van der Waals surface area contributed by atoms with Crippen molar-refractivity contribution in [3.8, 4) is 11.5 Å². The van der Waals surface area contributed by atoms with E-state index in [1.54, 1.807) is 49.6 Å². The minimum absolute atomic E-state index is 0.0262. The first kappa shape index (κ1) is 18.5. The van der Waals surface area contributed by atoms with Crippen LogP contribution in [0.15, 0.2) is 54.6 Å². The van der Waals surface area contributed by atoms with Gasteiger partial charge in [0.1, 0.15) is 11.5 Å². The number of allylic oxidation sites excluding steroid dienone is 1. The Morgan fingerprint density at radius 1 is 1.12 bits per heavy atom. The number of anilines is 1. The minimum Gasteiger partial charge on any atom is -0.506 e. The smallest absolute Gasteiger partial charge is 0.252 e. The van der Waals surface area contributed by atoms with Crippen molar-refractivity contribution in [2.45, 2.75) is 3.79 Å². The van der Waals surface area contributed by atoms with Gasteiger partial charge in [0.15, 0.2) is 0 Å². The molecule has 0 aliphatic heterocycles. The van der Waals surface area contributed by atoms with Crippen LogP contribution >= 0.6 is 34.8 Å². The molecule has 0 spiro atoms. The number of ketones is 1. The fraction of sp³-hybridized carbons (Fsp3) is 0.118. The molecule has 2 N–H and O–H groups in total. The molecule has 0 aromatic heterocycles. The number of phenols is 1. The molecule has 7 heteroatoms. The lowest BCUT2D eigenvalue weighted by molar-refractivity contribution is -0.113. The van der Waals surface area contributed by atoms with Gasteiger partial charge in [0.05, 0.1) is 12.8 Å². The van der Waals surface area contributed by atoms with Gasteiger partial charge in [0.2, 0.25) is 5.78 Å². The van der Waals surface area contributed by atoms with Gasteiger partial charge >= 0.3 is 0 Å². The Balaban J connectivity index is 2.42. The predicted molar refractivity (Wildman–Crippen MR) is 98.0 cm³/mol. The number of nitrogens with one attached hydrogen (secondary N) is 1. The lowest BCUT2D eigenvalue weighted by Crippen LogP contribution is -2.17. The number of para-hydroxylation sites is 2. The molecule has 0 aliphatic carbocycles. The highest BCUT2D eigenvalue weighted by Gasteiger charge is 2.29. The van der Waals surface area contributed by atoms with Crippen molar-refractivity contribution < 1.29 is 14.6 Å². The van der Waals surface area contributed by atoms with E-state index in [-0.39, 0.29) is 5.75 Å². The average Bonchev–Trinajstić information content (AvgIpc) is 2.55. The summed E-state index contributed by atoms with van der Waals surface area (Å²) in [6.07, 6.45) is 1.18. The van der Waals surface area contributed by atoms with Gasteiger partial charge in [0, 0.05) is 11.8 Å². The van der Waals surface area contributed by atoms with Gasteiger partial charge < -0.3 is 15.2 Å². The number of carbonyl (C=O) groups is 1. The van der Waals surface area contributed by atoms with Crippen LogP contribution in [0.3, 0.4) is 0 Å². The number of hydrogen-bond donors (Lipinski definition) is 2. The molecular weight excluding hydrogens is 373 g/mol. The van der Waals surface area contributed by atoms with Crippen LogP contribution in [0.1, 0.15) is 5.56 Å². The van der Waals surface area contributed by atoms with E-state index in [4.69, 9.17) is 39.5 Å². The summed E-state index contributed by atoms with van der Waals surface area (Å²) in [6, 6.07) is 13.5. The SMILES string of the molecule is COc1ccc(/C(=C\C(=O)C(Cl)(Cl)Cl)Nc2ccccc2O)cc1. The third-order valence-corrected chi connectivity index (χ3v) is 3.69. The molecule has 2 aromatic rings. The highest BCUT2D eigenvalue weighted by Crippen LogP contribution is 2.31. The molecule has 24 heavy (non-hydrogen) atoms. The number of methoxy groups -OCH3 is 1. The van der Waals surface area contributed by atoms with Crippen LogP contribution in [0.25, 0.3) is 5.70 Å². The molecule has 0 radical (unpaired) electrons. The molecule has 0 amide bonds. The summed E-state index contributed by atoms with van der Waals surface area (Å²) in [6.45, 7) is 0. The molecule has 0 atom stereocenters. The summed E-state index contributed by atoms with van der Waals surface area (Å²) in [5.41, 5.74) is 1.44. The van der Waals surface area contributed by atoms with Gasteiger partial charge in [-0.25, -0.2) is 0 Å². The lowest BCUT2D eigenvalue weighted by atomic mass is 10.1. The Hall–Kier alpha value is -1.88. The second-order valence-electron chi connectivity index (χ2n) is 4.79. The van der Waals surface area contributed by atoms with Crippen LogP contribution in [0, 0.1) is 0 Å². The number of alkyl halides is 3. The van der Waals surface area contributed by atoms with Crippen molar-refractivity contribution >= 4 is 52.0 Å². The highest BCUT2D eigenvalue weighted by molar-refractivity contribution is 6.77. The van der Waals surface area contributed by atoms with Crippen molar-refractivity contribution in [2.75, 3.05) is 12.4 Å². The number of aromatic hydroxyl groups is 1. The number of halogens is 3. The third-order valence-electron chi connectivity index (χ3n) is 3.13. The molecule has 0 bridgehead atoms. The zero-order valence-corrected chi connectivity index (χ0v) is 14.9. The zero-order valence-electron chi connectivity index (χ0n) is 12.6. The fourth-order valence-electron chi connectivity index (χ4n) is 1.90. The summed E-state index contributed by atoms with van der Waals surface area (Å²) in [5.74, 6) is -0.0205. The summed E-state index contributed by atoms with van der Waals surface area (Å²) >= 11 is 16.9. The van der Waals surface area contributed by atoms with Crippen LogP contribution < -0.4 is 10.1 Å². The van der Waals surface area contributed by atoms with E-state index in [2.05, 4.69) is 5.32 Å². The number of hydrogen-bond acceptors (Lipinski definition) is 4. The van der Waals surface area contributed by atoms with Crippen LogP contribution in [-0.4, -0.2) is 21.8 Å². The largest absolute Gasteiger partial charge is 0.506 e. The van der Waals surface area contributed by atoms with Crippen LogP contribution in [0.2, 0.25) is 0 Å². The maximum absolute atomic E-state index is 12.0. The second kappa shape index (κ2) is 7.79. The Kier molecular flexibility index (Phi) is 5.99. The summed E-state index contributed by atoms with van der Waals surface area (Å²) in [7, 11) is 1.55. The molecule has 4 nitrogen and oxygen atoms in total. The molecule has 0 heterocycles. The molecular formula is C17H14Cl3NO3. The first-order valence-corrected chi connectivity index (χ1v) is 7.97. The monoisotopic (exact) mass is 385 g/mol.